The van der Waals surface area contributed by atoms with Gasteiger partial charge in [0.1, 0.15) is 5.82 Å². The maximum absolute atomic E-state index is 4.74. The SMILES string of the molecule is Cc1cccc(CN(Cc2ccc(CN3CCC4(CCN(C5CCCCC5)CC4)C3)cc2)Cc2ncc[nH]2)n1. The fraction of sp³-hybridized carbons (Fsp3) is 0.576. The summed E-state index contributed by atoms with van der Waals surface area (Å²) in [5.74, 6) is 0.992. The van der Waals surface area contributed by atoms with E-state index in [1.807, 2.05) is 12.4 Å². The predicted molar refractivity (Wildman–Crippen MR) is 157 cm³/mol. The number of hydrogen-bond donors (Lipinski definition) is 1. The summed E-state index contributed by atoms with van der Waals surface area (Å²) in [5.41, 5.74) is 5.51. The number of nitrogens with zero attached hydrogens (tertiary/aromatic N) is 5. The van der Waals surface area contributed by atoms with E-state index in [1.165, 1.54) is 88.7 Å². The first-order valence-corrected chi connectivity index (χ1v) is 15.3. The summed E-state index contributed by atoms with van der Waals surface area (Å²) >= 11 is 0. The number of aromatic nitrogens is 3. The molecule has 0 atom stereocenters. The molecular weight excluding hydrogens is 480 g/mol. The molecule has 2 aliphatic heterocycles. The number of aromatic amines is 1. The number of H-pyrrole nitrogens is 1. The maximum atomic E-state index is 4.74. The van der Waals surface area contributed by atoms with Crippen molar-refractivity contribution < 1.29 is 0 Å². The van der Waals surface area contributed by atoms with E-state index in [-0.39, 0.29) is 0 Å². The lowest BCUT2D eigenvalue weighted by Gasteiger charge is -2.43. The molecular formula is C33H46N6. The van der Waals surface area contributed by atoms with E-state index in [2.05, 4.69) is 74.1 Å². The fourth-order valence-corrected chi connectivity index (χ4v) is 7.33. The molecule has 3 aliphatic rings. The van der Waals surface area contributed by atoms with Crippen molar-refractivity contribution in [2.75, 3.05) is 26.2 Å². The molecule has 6 nitrogen and oxygen atoms in total. The lowest BCUT2D eigenvalue weighted by molar-refractivity contribution is 0.0615. The van der Waals surface area contributed by atoms with Crippen molar-refractivity contribution in [3.05, 3.63) is 83.2 Å². The molecule has 0 bridgehead atoms. The van der Waals surface area contributed by atoms with Gasteiger partial charge < -0.3 is 9.88 Å². The number of hydrogen-bond acceptors (Lipinski definition) is 5. The summed E-state index contributed by atoms with van der Waals surface area (Å²) in [4.78, 5) is 20.4. The highest BCUT2D eigenvalue weighted by Gasteiger charge is 2.41. The Hall–Kier alpha value is -2.54. The van der Waals surface area contributed by atoms with Crippen LogP contribution in [0.4, 0.5) is 0 Å². The first-order chi connectivity index (χ1) is 19.1. The maximum Gasteiger partial charge on any atom is 0.120 e. The van der Waals surface area contributed by atoms with Crippen LogP contribution in [0.5, 0.6) is 0 Å². The molecule has 0 unspecified atom stereocenters. The third kappa shape index (κ3) is 6.97. The molecule has 39 heavy (non-hydrogen) atoms. The zero-order chi connectivity index (χ0) is 26.5. The Morgan fingerprint density at radius 1 is 0.897 bits per heavy atom. The Kier molecular flexibility index (Phi) is 8.43. The Labute approximate surface area is 234 Å². The second-order valence-electron chi connectivity index (χ2n) is 12.6. The Morgan fingerprint density at radius 3 is 2.41 bits per heavy atom. The van der Waals surface area contributed by atoms with Crippen LogP contribution in [0, 0.1) is 12.3 Å². The standard InChI is InChI=1S/C33H46N6/c1-27-6-5-7-30(36-27)24-38(25-32-34-17-18-35-32)23-29-12-10-28(11-13-29)22-37-19-14-33(26-37)15-20-39(21-16-33)31-8-3-2-4-9-31/h5-7,10-13,17-18,31H,2-4,8-9,14-16,19-26H2,1H3,(H,34,35). The van der Waals surface area contributed by atoms with Crippen LogP contribution in [0.15, 0.2) is 54.9 Å². The number of benzene rings is 1. The monoisotopic (exact) mass is 526 g/mol. The van der Waals surface area contributed by atoms with E-state index in [0.717, 1.165) is 49.4 Å². The zero-order valence-electron chi connectivity index (χ0n) is 23.8. The molecule has 0 amide bonds. The number of aryl methyl sites for hydroxylation is 1. The molecule has 1 aliphatic carbocycles. The molecule has 6 rings (SSSR count). The van der Waals surface area contributed by atoms with Gasteiger partial charge in [0.15, 0.2) is 0 Å². The minimum Gasteiger partial charge on any atom is -0.348 e. The van der Waals surface area contributed by atoms with Gasteiger partial charge in [-0.2, -0.15) is 0 Å². The van der Waals surface area contributed by atoms with Gasteiger partial charge in [0.2, 0.25) is 0 Å². The van der Waals surface area contributed by atoms with E-state index in [0.29, 0.717) is 5.41 Å². The highest BCUT2D eigenvalue weighted by molar-refractivity contribution is 5.23. The van der Waals surface area contributed by atoms with Crippen LogP contribution in [0.3, 0.4) is 0 Å². The third-order valence-corrected chi connectivity index (χ3v) is 9.56. The van der Waals surface area contributed by atoms with Gasteiger partial charge in [-0.05, 0) is 87.3 Å². The van der Waals surface area contributed by atoms with Crippen LogP contribution < -0.4 is 0 Å². The topological polar surface area (TPSA) is 51.3 Å². The van der Waals surface area contributed by atoms with Gasteiger partial charge in [-0.1, -0.05) is 49.6 Å². The van der Waals surface area contributed by atoms with Gasteiger partial charge >= 0.3 is 0 Å². The normalized spacial score (nSPS) is 20.8. The molecule has 1 N–H and O–H groups in total. The summed E-state index contributed by atoms with van der Waals surface area (Å²) in [6.45, 7) is 10.8. The summed E-state index contributed by atoms with van der Waals surface area (Å²) in [6, 6.07) is 16.5. The van der Waals surface area contributed by atoms with Crippen LogP contribution in [0.1, 0.15) is 79.7 Å². The highest BCUT2D eigenvalue weighted by Crippen LogP contribution is 2.42. The number of imidazole rings is 1. The van der Waals surface area contributed by atoms with Gasteiger partial charge in [0.05, 0.1) is 12.2 Å². The second-order valence-corrected chi connectivity index (χ2v) is 12.6. The van der Waals surface area contributed by atoms with Crippen LogP contribution in [0.25, 0.3) is 0 Å². The summed E-state index contributed by atoms with van der Waals surface area (Å²) in [7, 11) is 0. The lowest BCUT2D eigenvalue weighted by Crippen LogP contribution is -2.46. The summed E-state index contributed by atoms with van der Waals surface area (Å²) in [6.07, 6.45) is 15.2. The average molecular weight is 527 g/mol. The number of likely N-dealkylation sites (tertiary alicyclic amines) is 2. The van der Waals surface area contributed by atoms with Gasteiger partial charge in [-0.15, -0.1) is 0 Å². The largest absolute Gasteiger partial charge is 0.348 e. The van der Waals surface area contributed by atoms with Crippen molar-refractivity contribution >= 4 is 0 Å². The molecule has 0 radical (unpaired) electrons. The molecule has 3 aromatic rings. The molecule has 1 saturated carbocycles. The van der Waals surface area contributed by atoms with E-state index in [9.17, 15) is 0 Å². The van der Waals surface area contributed by atoms with E-state index in [4.69, 9.17) is 4.98 Å². The lowest BCUT2D eigenvalue weighted by atomic mass is 9.77. The highest BCUT2D eigenvalue weighted by atomic mass is 15.2. The first kappa shape index (κ1) is 26.7. The number of pyridine rings is 1. The quantitative estimate of drug-likeness (QED) is 0.374. The van der Waals surface area contributed by atoms with Gasteiger partial charge in [-0.25, -0.2) is 4.98 Å². The molecule has 2 saturated heterocycles. The molecule has 2 aromatic heterocycles. The van der Waals surface area contributed by atoms with E-state index < -0.39 is 0 Å². The van der Waals surface area contributed by atoms with Crippen molar-refractivity contribution in [3.63, 3.8) is 0 Å². The Bertz CT molecular complexity index is 1160. The molecule has 4 heterocycles. The van der Waals surface area contributed by atoms with E-state index >= 15 is 0 Å². The molecule has 1 spiro atoms. The first-order valence-electron chi connectivity index (χ1n) is 15.3. The molecule has 3 fully saturated rings. The van der Waals surface area contributed by atoms with Crippen molar-refractivity contribution in [1.29, 1.82) is 0 Å². The van der Waals surface area contributed by atoms with Crippen LogP contribution in [0.2, 0.25) is 0 Å². The molecule has 208 valence electrons. The van der Waals surface area contributed by atoms with Crippen molar-refractivity contribution in [2.45, 2.75) is 90.5 Å². The number of piperidine rings is 1. The molecule has 6 heteroatoms. The van der Waals surface area contributed by atoms with Crippen molar-refractivity contribution in [1.82, 2.24) is 29.7 Å². The van der Waals surface area contributed by atoms with Gasteiger partial charge in [0.25, 0.3) is 0 Å². The predicted octanol–water partition coefficient (Wildman–Crippen LogP) is 5.94. The third-order valence-electron chi connectivity index (χ3n) is 9.56. The smallest absolute Gasteiger partial charge is 0.120 e. The van der Waals surface area contributed by atoms with Crippen LogP contribution >= 0.6 is 0 Å². The average Bonchev–Trinajstić information content (AvgIpc) is 3.61. The van der Waals surface area contributed by atoms with Gasteiger partial charge in [-0.3, -0.25) is 14.8 Å². The summed E-state index contributed by atoms with van der Waals surface area (Å²) < 4.78 is 0. The van der Waals surface area contributed by atoms with Gasteiger partial charge in [0, 0.05) is 50.3 Å². The van der Waals surface area contributed by atoms with Crippen LogP contribution in [-0.4, -0.2) is 61.9 Å². The number of nitrogens with one attached hydrogen (secondary N) is 1. The fourth-order valence-electron chi connectivity index (χ4n) is 7.33. The number of rotatable bonds is 9. The summed E-state index contributed by atoms with van der Waals surface area (Å²) in [5, 5.41) is 0. The molecule has 1 aromatic carbocycles. The van der Waals surface area contributed by atoms with Crippen LogP contribution in [-0.2, 0) is 26.2 Å². The zero-order valence-corrected chi connectivity index (χ0v) is 23.8. The second kappa shape index (κ2) is 12.3. The Morgan fingerprint density at radius 2 is 1.67 bits per heavy atom. The van der Waals surface area contributed by atoms with Crippen molar-refractivity contribution in [3.8, 4) is 0 Å². The minimum absolute atomic E-state index is 0.571. The van der Waals surface area contributed by atoms with E-state index in [1.54, 1.807) is 0 Å². The van der Waals surface area contributed by atoms with Crippen molar-refractivity contribution in [2.24, 2.45) is 5.41 Å². The Balaban J connectivity index is 1.02. The minimum atomic E-state index is 0.571.